The van der Waals surface area contributed by atoms with Gasteiger partial charge in [-0.15, -0.1) is 24.0 Å². The van der Waals surface area contributed by atoms with E-state index in [1.165, 1.54) is 5.56 Å². The Kier molecular flexibility index (Phi) is 11.3. The number of rotatable bonds is 7. The summed E-state index contributed by atoms with van der Waals surface area (Å²) in [6.07, 6.45) is 3.83. The first-order valence-electron chi connectivity index (χ1n) is 9.87. The maximum atomic E-state index is 12.5. The molecule has 2 rings (SSSR count). The number of piperidine rings is 1. The van der Waals surface area contributed by atoms with Crippen molar-refractivity contribution in [1.82, 2.24) is 15.5 Å². The standard InChI is InChI=1S/C20H34N4OS.HI/c1-5-16(6-2)19(25)24-10-7-18(8-11-24)23-20(21-4)22-13-15(3)17-9-12-26-14-17;/h9,12,14-16,18H,5-8,10-11,13H2,1-4H3,(H2,21,22,23);1H. The third-order valence-electron chi connectivity index (χ3n) is 5.39. The summed E-state index contributed by atoms with van der Waals surface area (Å²) in [4.78, 5) is 18.9. The number of nitrogens with one attached hydrogen (secondary N) is 2. The first-order chi connectivity index (χ1) is 12.6. The van der Waals surface area contributed by atoms with Gasteiger partial charge in [0.1, 0.15) is 0 Å². The van der Waals surface area contributed by atoms with Gasteiger partial charge >= 0.3 is 0 Å². The Balaban J connectivity index is 0.00000364. The zero-order valence-corrected chi connectivity index (χ0v) is 20.2. The fourth-order valence-corrected chi connectivity index (χ4v) is 4.23. The number of thiophene rings is 1. The van der Waals surface area contributed by atoms with Crippen LogP contribution >= 0.6 is 35.3 Å². The average Bonchev–Trinajstić information content (AvgIpc) is 3.21. The molecule has 0 aromatic carbocycles. The lowest BCUT2D eigenvalue weighted by Crippen LogP contribution is -2.51. The molecule has 0 radical (unpaired) electrons. The monoisotopic (exact) mass is 506 g/mol. The van der Waals surface area contributed by atoms with Gasteiger partial charge in [0.15, 0.2) is 5.96 Å². The number of likely N-dealkylation sites (tertiary alicyclic amines) is 1. The van der Waals surface area contributed by atoms with Crippen LogP contribution in [0, 0.1) is 5.92 Å². The van der Waals surface area contributed by atoms with Crippen molar-refractivity contribution in [3.8, 4) is 0 Å². The molecule has 1 amide bonds. The minimum absolute atomic E-state index is 0. The number of halogens is 1. The van der Waals surface area contributed by atoms with Crippen LogP contribution in [-0.2, 0) is 4.79 Å². The molecule has 1 aromatic heterocycles. The van der Waals surface area contributed by atoms with Crippen LogP contribution < -0.4 is 10.6 Å². The van der Waals surface area contributed by atoms with Gasteiger partial charge < -0.3 is 15.5 Å². The molecule has 0 aliphatic carbocycles. The fraction of sp³-hybridized carbons (Fsp3) is 0.700. The van der Waals surface area contributed by atoms with E-state index in [1.807, 2.05) is 11.9 Å². The molecule has 2 heterocycles. The number of carbonyl (C=O) groups excluding carboxylic acids is 1. The zero-order chi connectivity index (χ0) is 18.9. The maximum Gasteiger partial charge on any atom is 0.225 e. The summed E-state index contributed by atoms with van der Waals surface area (Å²) in [6.45, 7) is 8.98. The predicted molar refractivity (Wildman–Crippen MR) is 126 cm³/mol. The third-order valence-corrected chi connectivity index (χ3v) is 6.10. The minimum atomic E-state index is 0. The molecule has 0 spiro atoms. The average molecular weight is 506 g/mol. The van der Waals surface area contributed by atoms with Gasteiger partial charge in [0, 0.05) is 38.6 Å². The quantitative estimate of drug-likeness (QED) is 0.333. The molecule has 2 N–H and O–H groups in total. The molecule has 154 valence electrons. The Morgan fingerprint density at radius 1 is 1.33 bits per heavy atom. The molecule has 1 aliphatic rings. The van der Waals surface area contributed by atoms with Crippen LogP contribution in [0.15, 0.2) is 21.8 Å². The van der Waals surface area contributed by atoms with E-state index in [1.54, 1.807) is 11.3 Å². The predicted octanol–water partition coefficient (Wildman–Crippen LogP) is 4.06. The van der Waals surface area contributed by atoms with E-state index in [2.05, 4.69) is 53.2 Å². The van der Waals surface area contributed by atoms with E-state index in [9.17, 15) is 4.79 Å². The van der Waals surface area contributed by atoms with E-state index >= 15 is 0 Å². The zero-order valence-electron chi connectivity index (χ0n) is 17.0. The minimum Gasteiger partial charge on any atom is -0.356 e. The first-order valence-corrected chi connectivity index (χ1v) is 10.8. The molecule has 1 atom stereocenters. The second-order valence-corrected chi connectivity index (χ2v) is 7.95. The number of guanidine groups is 1. The number of hydrogen-bond donors (Lipinski definition) is 2. The highest BCUT2D eigenvalue weighted by Gasteiger charge is 2.26. The topological polar surface area (TPSA) is 56.7 Å². The number of amides is 1. The number of nitrogens with zero attached hydrogens (tertiary/aromatic N) is 2. The van der Waals surface area contributed by atoms with Crippen molar-refractivity contribution >= 4 is 47.2 Å². The van der Waals surface area contributed by atoms with Crippen LogP contribution in [0.4, 0.5) is 0 Å². The van der Waals surface area contributed by atoms with Gasteiger partial charge in [0.05, 0.1) is 0 Å². The lowest BCUT2D eigenvalue weighted by Gasteiger charge is -2.35. The molecule has 1 fully saturated rings. The fourth-order valence-electron chi connectivity index (χ4n) is 3.45. The Morgan fingerprint density at radius 3 is 2.52 bits per heavy atom. The van der Waals surface area contributed by atoms with Crippen molar-refractivity contribution in [2.45, 2.75) is 58.4 Å². The molecule has 0 bridgehead atoms. The molecule has 27 heavy (non-hydrogen) atoms. The summed E-state index contributed by atoms with van der Waals surface area (Å²) < 4.78 is 0. The smallest absolute Gasteiger partial charge is 0.225 e. The van der Waals surface area contributed by atoms with Gasteiger partial charge in [-0.3, -0.25) is 9.79 Å². The van der Waals surface area contributed by atoms with Gasteiger partial charge in [-0.1, -0.05) is 20.8 Å². The number of hydrogen-bond acceptors (Lipinski definition) is 3. The van der Waals surface area contributed by atoms with E-state index < -0.39 is 0 Å². The summed E-state index contributed by atoms with van der Waals surface area (Å²) in [7, 11) is 1.82. The Bertz CT molecular complexity index is 567. The summed E-state index contributed by atoms with van der Waals surface area (Å²) >= 11 is 1.74. The van der Waals surface area contributed by atoms with Gasteiger partial charge in [-0.05, 0) is 54.0 Å². The van der Waals surface area contributed by atoms with Crippen molar-refractivity contribution in [3.63, 3.8) is 0 Å². The van der Waals surface area contributed by atoms with Crippen LogP contribution in [0.25, 0.3) is 0 Å². The Morgan fingerprint density at radius 2 is 2.00 bits per heavy atom. The molecule has 1 aliphatic heterocycles. The largest absolute Gasteiger partial charge is 0.356 e. The molecule has 5 nitrogen and oxygen atoms in total. The molecular formula is C20H35IN4OS. The van der Waals surface area contributed by atoms with Crippen molar-refractivity contribution in [2.75, 3.05) is 26.7 Å². The highest BCUT2D eigenvalue weighted by Crippen LogP contribution is 2.18. The van der Waals surface area contributed by atoms with Crippen LogP contribution in [0.2, 0.25) is 0 Å². The lowest BCUT2D eigenvalue weighted by molar-refractivity contribution is -0.136. The molecule has 1 saturated heterocycles. The summed E-state index contributed by atoms with van der Waals surface area (Å²) in [5.74, 6) is 1.84. The van der Waals surface area contributed by atoms with Crippen molar-refractivity contribution < 1.29 is 4.79 Å². The number of aliphatic imine (C=N–C) groups is 1. The van der Waals surface area contributed by atoms with Crippen molar-refractivity contribution in [2.24, 2.45) is 10.9 Å². The summed E-state index contributed by atoms with van der Waals surface area (Å²) in [5, 5.41) is 11.3. The van der Waals surface area contributed by atoms with Gasteiger partial charge in [-0.25, -0.2) is 0 Å². The SMILES string of the molecule is CCC(CC)C(=O)N1CCC(NC(=NC)NCC(C)c2ccsc2)CC1.I. The third kappa shape index (κ3) is 7.25. The van der Waals surface area contributed by atoms with E-state index in [0.717, 1.165) is 51.3 Å². The molecule has 1 aromatic rings. The van der Waals surface area contributed by atoms with E-state index in [0.29, 0.717) is 17.9 Å². The van der Waals surface area contributed by atoms with Gasteiger partial charge in [0.2, 0.25) is 5.91 Å². The first kappa shape index (κ1) is 24.2. The van der Waals surface area contributed by atoms with E-state index in [-0.39, 0.29) is 29.9 Å². The molecule has 7 heteroatoms. The number of carbonyl (C=O) groups is 1. The molecule has 0 saturated carbocycles. The van der Waals surface area contributed by atoms with Crippen LogP contribution in [-0.4, -0.2) is 49.5 Å². The highest BCUT2D eigenvalue weighted by molar-refractivity contribution is 14.0. The van der Waals surface area contributed by atoms with Crippen LogP contribution in [0.1, 0.15) is 57.9 Å². The Labute approximate surface area is 185 Å². The van der Waals surface area contributed by atoms with Crippen molar-refractivity contribution in [3.05, 3.63) is 22.4 Å². The van der Waals surface area contributed by atoms with Gasteiger partial charge in [-0.2, -0.15) is 11.3 Å². The molecule has 1 unspecified atom stereocenters. The normalized spacial score (nSPS) is 16.8. The van der Waals surface area contributed by atoms with Crippen molar-refractivity contribution in [1.29, 1.82) is 0 Å². The van der Waals surface area contributed by atoms with Gasteiger partial charge in [0.25, 0.3) is 0 Å². The maximum absolute atomic E-state index is 12.5. The summed E-state index contributed by atoms with van der Waals surface area (Å²) in [6, 6.07) is 2.56. The van der Waals surface area contributed by atoms with Crippen LogP contribution in [0.3, 0.4) is 0 Å². The molecular weight excluding hydrogens is 471 g/mol. The lowest BCUT2D eigenvalue weighted by atomic mass is 9.98. The Hall–Kier alpha value is -0.830. The highest BCUT2D eigenvalue weighted by atomic mass is 127. The second kappa shape index (κ2) is 12.6. The summed E-state index contributed by atoms with van der Waals surface area (Å²) in [5.41, 5.74) is 1.37. The van der Waals surface area contributed by atoms with Crippen LogP contribution in [0.5, 0.6) is 0 Å². The second-order valence-electron chi connectivity index (χ2n) is 7.17. The van der Waals surface area contributed by atoms with E-state index in [4.69, 9.17) is 0 Å².